The van der Waals surface area contributed by atoms with Crippen molar-refractivity contribution in [3.05, 3.63) is 36.2 Å². The van der Waals surface area contributed by atoms with Crippen LogP contribution >= 0.6 is 0 Å². The van der Waals surface area contributed by atoms with Gasteiger partial charge in [0.1, 0.15) is 6.10 Å². The molecular weight excluding hydrogens is 248 g/mol. The van der Waals surface area contributed by atoms with E-state index in [1.165, 1.54) is 6.20 Å². The first-order valence-corrected chi connectivity index (χ1v) is 5.54. The van der Waals surface area contributed by atoms with Crippen LogP contribution in [0.4, 0.5) is 0 Å². The van der Waals surface area contributed by atoms with Gasteiger partial charge in [0.25, 0.3) is 5.91 Å². The third-order valence-corrected chi connectivity index (χ3v) is 2.52. The van der Waals surface area contributed by atoms with E-state index in [1.807, 2.05) is 0 Å². The lowest BCUT2D eigenvalue weighted by Gasteiger charge is -2.08. The van der Waals surface area contributed by atoms with Crippen molar-refractivity contribution >= 4 is 22.8 Å². The number of aliphatic hydroxyl groups excluding tert-OH is 1. The molecular formula is C12H12N4O3. The number of aromatic nitrogens is 2. The molecule has 0 spiro atoms. The van der Waals surface area contributed by atoms with Gasteiger partial charge in [-0.05, 0) is 18.2 Å². The minimum Gasteiger partial charge on any atom is -0.381 e. The molecule has 0 aliphatic rings. The summed E-state index contributed by atoms with van der Waals surface area (Å²) < 4.78 is 0. The SMILES string of the molecule is NC(=O)C(O)CNC(=O)c1ccc2nccnc2c1. The van der Waals surface area contributed by atoms with Crippen LogP contribution in [0.25, 0.3) is 11.0 Å². The van der Waals surface area contributed by atoms with E-state index in [4.69, 9.17) is 5.73 Å². The number of fused-ring (bicyclic) bond motifs is 1. The van der Waals surface area contributed by atoms with E-state index < -0.39 is 17.9 Å². The first-order valence-electron chi connectivity index (χ1n) is 5.54. The zero-order valence-corrected chi connectivity index (χ0v) is 9.91. The molecule has 0 aliphatic carbocycles. The van der Waals surface area contributed by atoms with Crippen LogP contribution in [0, 0.1) is 0 Å². The molecule has 0 radical (unpaired) electrons. The minimum atomic E-state index is -1.40. The topological polar surface area (TPSA) is 118 Å². The second kappa shape index (κ2) is 5.40. The Hall–Kier alpha value is -2.54. The first kappa shape index (κ1) is 12.9. The van der Waals surface area contributed by atoms with E-state index in [2.05, 4.69) is 15.3 Å². The number of nitrogens with zero attached hydrogens (tertiary/aromatic N) is 2. The summed E-state index contributed by atoms with van der Waals surface area (Å²) in [4.78, 5) is 30.6. The van der Waals surface area contributed by atoms with Crippen molar-refractivity contribution in [3.63, 3.8) is 0 Å². The Labute approximate surface area is 108 Å². The number of aliphatic hydroxyl groups is 1. The van der Waals surface area contributed by atoms with Crippen molar-refractivity contribution in [2.45, 2.75) is 6.10 Å². The molecule has 2 aromatic rings. The van der Waals surface area contributed by atoms with Crippen molar-refractivity contribution < 1.29 is 14.7 Å². The van der Waals surface area contributed by atoms with Gasteiger partial charge >= 0.3 is 0 Å². The van der Waals surface area contributed by atoms with Gasteiger partial charge in [-0.1, -0.05) is 0 Å². The van der Waals surface area contributed by atoms with Crippen LogP contribution in [-0.2, 0) is 4.79 Å². The molecule has 0 bridgehead atoms. The summed E-state index contributed by atoms with van der Waals surface area (Å²) in [5.74, 6) is -1.31. The summed E-state index contributed by atoms with van der Waals surface area (Å²) in [5, 5.41) is 11.6. The highest BCUT2D eigenvalue weighted by Crippen LogP contribution is 2.10. The molecule has 1 aromatic heterocycles. The number of nitrogens with two attached hydrogens (primary N) is 1. The van der Waals surface area contributed by atoms with E-state index in [1.54, 1.807) is 24.4 Å². The molecule has 4 N–H and O–H groups in total. The molecule has 1 atom stereocenters. The lowest BCUT2D eigenvalue weighted by molar-refractivity contribution is -0.125. The fraction of sp³-hybridized carbons (Fsp3) is 0.167. The zero-order chi connectivity index (χ0) is 13.8. The summed E-state index contributed by atoms with van der Waals surface area (Å²) in [5.41, 5.74) is 6.51. The van der Waals surface area contributed by atoms with Crippen LogP contribution in [0.2, 0.25) is 0 Å². The number of rotatable bonds is 4. The Morgan fingerprint density at radius 3 is 2.63 bits per heavy atom. The van der Waals surface area contributed by atoms with Crippen LogP contribution in [0.15, 0.2) is 30.6 Å². The lowest BCUT2D eigenvalue weighted by atomic mass is 10.2. The summed E-state index contributed by atoms with van der Waals surface area (Å²) in [7, 11) is 0. The van der Waals surface area contributed by atoms with E-state index in [0.717, 1.165) is 0 Å². The highest BCUT2D eigenvalue weighted by Gasteiger charge is 2.13. The normalized spacial score (nSPS) is 12.1. The number of carbonyl (C=O) groups excluding carboxylic acids is 2. The maximum Gasteiger partial charge on any atom is 0.251 e. The molecule has 7 heteroatoms. The number of hydrogen-bond donors (Lipinski definition) is 3. The molecule has 1 unspecified atom stereocenters. The monoisotopic (exact) mass is 260 g/mol. The van der Waals surface area contributed by atoms with Crippen LogP contribution in [0.3, 0.4) is 0 Å². The fourth-order valence-corrected chi connectivity index (χ4v) is 1.50. The molecule has 2 rings (SSSR count). The predicted molar refractivity (Wildman–Crippen MR) is 67.1 cm³/mol. The Balaban J connectivity index is 2.11. The highest BCUT2D eigenvalue weighted by atomic mass is 16.3. The Kier molecular flexibility index (Phi) is 3.67. The van der Waals surface area contributed by atoms with Gasteiger partial charge in [0.2, 0.25) is 5.91 Å². The molecule has 98 valence electrons. The van der Waals surface area contributed by atoms with Crippen LogP contribution in [0.5, 0.6) is 0 Å². The van der Waals surface area contributed by atoms with Gasteiger partial charge in [0.15, 0.2) is 0 Å². The van der Waals surface area contributed by atoms with Crippen LogP contribution in [0.1, 0.15) is 10.4 Å². The van der Waals surface area contributed by atoms with Gasteiger partial charge in [-0.15, -0.1) is 0 Å². The average molecular weight is 260 g/mol. The highest BCUT2D eigenvalue weighted by molar-refractivity contribution is 5.97. The third kappa shape index (κ3) is 3.02. The Bertz CT molecular complexity index is 629. The van der Waals surface area contributed by atoms with Gasteiger partial charge in [-0.2, -0.15) is 0 Å². The van der Waals surface area contributed by atoms with E-state index in [-0.39, 0.29) is 6.54 Å². The van der Waals surface area contributed by atoms with Gasteiger partial charge < -0.3 is 16.2 Å². The largest absolute Gasteiger partial charge is 0.381 e. The van der Waals surface area contributed by atoms with Crippen molar-refractivity contribution in [3.8, 4) is 0 Å². The van der Waals surface area contributed by atoms with Gasteiger partial charge in [0, 0.05) is 18.0 Å². The number of benzene rings is 1. The number of carbonyl (C=O) groups is 2. The summed E-state index contributed by atoms with van der Waals surface area (Å²) in [6.07, 6.45) is 1.69. The number of hydrogen-bond acceptors (Lipinski definition) is 5. The average Bonchev–Trinajstić information content (AvgIpc) is 2.43. The molecule has 0 fully saturated rings. The van der Waals surface area contributed by atoms with Crippen LogP contribution in [-0.4, -0.2) is 39.5 Å². The molecule has 1 aromatic carbocycles. The van der Waals surface area contributed by atoms with Crippen LogP contribution < -0.4 is 11.1 Å². The van der Waals surface area contributed by atoms with Gasteiger partial charge in [-0.3, -0.25) is 19.6 Å². The summed E-state index contributed by atoms with van der Waals surface area (Å²) in [6, 6.07) is 4.83. The summed E-state index contributed by atoms with van der Waals surface area (Å²) >= 11 is 0. The molecule has 0 saturated carbocycles. The van der Waals surface area contributed by atoms with E-state index in [0.29, 0.717) is 16.6 Å². The Morgan fingerprint density at radius 2 is 1.95 bits per heavy atom. The first-order chi connectivity index (χ1) is 9.08. The quantitative estimate of drug-likeness (QED) is 0.665. The van der Waals surface area contributed by atoms with E-state index in [9.17, 15) is 14.7 Å². The fourth-order valence-electron chi connectivity index (χ4n) is 1.50. The van der Waals surface area contributed by atoms with Crippen molar-refractivity contribution in [2.75, 3.05) is 6.54 Å². The second-order valence-electron chi connectivity index (χ2n) is 3.89. The number of primary amides is 1. The molecule has 1 heterocycles. The van der Waals surface area contributed by atoms with Gasteiger partial charge in [0.05, 0.1) is 17.6 Å². The Morgan fingerprint density at radius 1 is 1.26 bits per heavy atom. The zero-order valence-electron chi connectivity index (χ0n) is 9.91. The number of nitrogens with one attached hydrogen (secondary N) is 1. The second-order valence-corrected chi connectivity index (χ2v) is 3.89. The van der Waals surface area contributed by atoms with Crippen molar-refractivity contribution in [1.29, 1.82) is 0 Å². The predicted octanol–water partition coefficient (Wildman–Crippen LogP) is -0.794. The summed E-state index contributed by atoms with van der Waals surface area (Å²) in [6.45, 7) is -0.229. The smallest absolute Gasteiger partial charge is 0.251 e. The maximum absolute atomic E-state index is 11.8. The van der Waals surface area contributed by atoms with Crippen molar-refractivity contribution in [2.24, 2.45) is 5.73 Å². The van der Waals surface area contributed by atoms with Crippen molar-refractivity contribution in [1.82, 2.24) is 15.3 Å². The maximum atomic E-state index is 11.8. The molecule has 0 aliphatic heterocycles. The standard InChI is InChI=1S/C12H12N4O3/c13-11(18)10(17)6-16-12(19)7-1-2-8-9(5-7)15-4-3-14-8/h1-5,10,17H,6H2,(H2,13,18)(H,16,19). The minimum absolute atomic E-state index is 0.229. The van der Waals surface area contributed by atoms with E-state index >= 15 is 0 Å². The lowest BCUT2D eigenvalue weighted by Crippen LogP contribution is -2.39. The van der Waals surface area contributed by atoms with Gasteiger partial charge in [-0.25, -0.2) is 0 Å². The molecule has 2 amide bonds. The number of amides is 2. The third-order valence-electron chi connectivity index (χ3n) is 2.52. The molecule has 0 saturated heterocycles. The molecule has 19 heavy (non-hydrogen) atoms. The molecule has 7 nitrogen and oxygen atoms in total.